The van der Waals surface area contributed by atoms with Gasteiger partial charge in [-0.05, 0) is 30.8 Å². The molecular weight excluding hydrogens is 246 g/mol. The first-order chi connectivity index (χ1) is 9.81. The molecule has 0 saturated heterocycles. The molecule has 0 bridgehead atoms. The van der Waals surface area contributed by atoms with Crippen molar-refractivity contribution < 1.29 is 0 Å². The molecule has 20 heavy (non-hydrogen) atoms. The van der Waals surface area contributed by atoms with Crippen LogP contribution in [0.3, 0.4) is 0 Å². The summed E-state index contributed by atoms with van der Waals surface area (Å²) in [5.41, 5.74) is 1.27. The highest BCUT2D eigenvalue weighted by molar-refractivity contribution is 5.94. The van der Waals surface area contributed by atoms with Crippen molar-refractivity contribution in [1.29, 1.82) is 0 Å². The van der Waals surface area contributed by atoms with Crippen molar-refractivity contribution in [2.24, 2.45) is 0 Å². The topological polar surface area (TPSA) is 28.2 Å². The third-order valence-corrected chi connectivity index (χ3v) is 4.43. The minimum atomic E-state index is 0.654. The first-order valence-electron chi connectivity index (χ1n) is 7.55. The van der Waals surface area contributed by atoms with Crippen LogP contribution >= 0.6 is 0 Å². The lowest BCUT2D eigenvalue weighted by Gasteiger charge is -2.27. The van der Waals surface area contributed by atoms with Crippen molar-refractivity contribution in [2.75, 3.05) is 19.0 Å². The number of fused-ring (bicyclic) bond motifs is 1. The average Bonchev–Trinajstić information content (AvgIpc) is 3.01. The van der Waals surface area contributed by atoms with E-state index >= 15 is 0 Å². The molecule has 0 amide bonds. The summed E-state index contributed by atoms with van der Waals surface area (Å²) in [6, 6.07) is 9.28. The zero-order chi connectivity index (χ0) is 13.9. The Balaban J connectivity index is 2.05. The molecule has 1 N–H and O–H groups in total. The maximum atomic E-state index is 4.76. The Bertz CT molecular complexity index is 588. The molecule has 1 aromatic carbocycles. The molecule has 1 fully saturated rings. The molecule has 0 radical (unpaired) electrons. The highest BCUT2D eigenvalue weighted by Gasteiger charge is 2.22. The number of nitrogens with zero attached hydrogens (tertiary/aromatic N) is 2. The number of anilines is 1. The van der Waals surface area contributed by atoms with Crippen LogP contribution in [0, 0.1) is 0 Å². The second kappa shape index (κ2) is 5.80. The third-order valence-electron chi connectivity index (χ3n) is 4.43. The van der Waals surface area contributed by atoms with Gasteiger partial charge in [0, 0.05) is 31.2 Å². The van der Waals surface area contributed by atoms with Crippen LogP contribution < -0.4 is 10.2 Å². The molecule has 3 rings (SSSR count). The van der Waals surface area contributed by atoms with E-state index in [0.29, 0.717) is 6.04 Å². The number of nitrogens with one attached hydrogen (secondary N) is 1. The van der Waals surface area contributed by atoms with Crippen molar-refractivity contribution >= 4 is 16.6 Å². The second-order valence-corrected chi connectivity index (χ2v) is 5.73. The fourth-order valence-electron chi connectivity index (χ4n) is 3.31. The summed E-state index contributed by atoms with van der Waals surface area (Å²) in [5, 5.41) is 5.82. The van der Waals surface area contributed by atoms with Gasteiger partial charge in [-0.1, -0.05) is 37.1 Å². The van der Waals surface area contributed by atoms with Crippen molar-refractivity contribution in [3.63, 3.8) is 0 Å². The molecule has 1 heterocycles. The number of aromatic nitrogens is 1. The van der Waals surface area contributed by atoms with Crippen LogP contribution in [0.15, 0.2) is 30.5 Å². The van der Waals surface area contributed by atoms with E-state index in [4.69, 9.17) is 4.98 Å². The highest BCUT2D eigenvalue weighted by Crippen LogP contribution is 2.31. The Hall–Kier alpha value is -1.61. The van der Waals surface area contributed by atoms with Gasteiger partial charge in [-0.3, -0.25) is 0 Å². The number of hydrogen-bond acceptors (Lipinski definition) is 3. The van der Waals surface area contributed by atoms with Gasteiger partial charge in [-0.25, -0.2) is 4.98 Å². The van der Waals surface area contributed by atoms with Gasteiger partial charge in [-0.2, -0.15) is 0 Å². The summed E-state index contributed by atoms with van der Waals surface area (Å²) in [6.07, 6.45) is 7.32. The molecular formula is C17H23N3. The lowest BCUT2D eigenvalue weighted by atomic mass is 10.1. The van der Waals surface area contributed by atoms with Crippen LogP contribution in [-0.2, 0) is 6.54 Å². The Morgan fingerprint density at radius 2 is 1.90 bits per heavy atom. The smallest absolute Gasteiger partial charge is 0.136 e. The van der Waals surface area contributed by atoms with Crippen LogP contribution in [0.4, 0.5) is 5.82 Å². The van der Waals surface area contributed by atoms with E-state index in [-0.39, 0.29) is 0 Å². The summed E-state index contributed by atoms with van der Waals surface area (Å²) < 4.78 is 0. The number of hydrogen-bond donors (Lipinski definition) is 1. The van der Waals surface area contributed by atoms with Crippen molar-refractivity contribution in [1.82, 2.24) is 10.3 Å². The molecule has 1 saturated carbocycles. The molecule has 1 aliphatic rings. The van der Waals surface area contributed by atoms with E-state index in [9.17, 15) is 0 Å². The van der Waals surface area contributed by atoms with E-state index < -0.39 is 0 Å². The Kier molecular flexibility index (Phi) is 3.88. The lowest BCUT2D eigenvalue weighted by molar-refractivity contribution is 0.648. The minimum Gasteiger partial charge on any atom is -0.356 e. The molecule has 1 aliphatic carbocycles. The zero-order valence-corrected chi connectivity index (χ0v) is 12.4. The highest BCUT2D eigenvalue weighted by atomic mass is 15.2. The minimum absolute atomic E-state index is 0.654. The lowest BCUT2D eigenvalue weighted by Crippen LogP contribution is -2.29. The molecule has 3 heteroatoms. The van der Waals surface area contributed by atoms with E-state index in [1.807, 2.05) is 13.2 Å². The normalized spacial score (nSPS) is 15.9. The van der Waals surface area contributed by atoms with Crippen molar-refractivity contribution in [3.8, 4) is 0 Å². The van der Waals surface area contributed by atoms with E-state index in [0.717, 1.165) is 12.4 Å². The van der Waals surface area contributed by atoms with E-state index in [1.165, 1.54) is 42.0 Å². The zero-order valence-electron chi connectivity index (χ0n) is 12.4. The fourth-order valence-corrected chi connectivity index (χ4v) is 3.31. The quantitative estimate of drug-likeness (QED) is 0.922. The summed E-state index contributed by atoms with van der Waals surface area (Å²) in [6.45, 7) is 0.862. The van der Waals surface area contributed by atoms with Gasteiger partial charge in [0.05, 0.1) is 0 Å². The Morgan fingerprint density at radius 1 is 1.20 bits per heavy atom. The van der Waals surface area contributed by atoms with Gasteiger partial charge in [0.1, 0.15) is 5.82 Å². The van der Waals surface area contributed by atoms with Crippen LogP contribution in [0.25, 0.3) is 10.8 Å². The molecule has 0 unspecified atom stereocenters. The standard InChI is InChI=1S/C17H23N3/c1-18-11-13-12-19-17(16-10-6-5-9-15(13)16)20(2)14-7-3-4-8-14/h5-6,9-10,12,14,18H,3-4,7-8,11H2,1-2H3. The summed E-state index contributed by atoms with van der Waals surface area (Å²) in [4.78, 5) is 7.14. The Labute approximate surface area is 121 Å². The van der Waals surface area contributed by atoms with Crippen LogP contribution in [-0.4, -0.2) is 25.1 Å². The van der Waals surface area contributed by atoms with Crippen molar-refractivity contribution in [3.05, 3.63) is 36.0 Å². The summed E-state index contributed by atoms with van der Waals surface area (Å²) >= 11 is 0. The number of benzene rings is 1. The molecule has 2 aromatic rings. The van der Waals surface area contributed by atoms with E-state index in [1.54, 1.807) is 0 Å². The van der Waals surface area contributed by atoms with Gasteiger partial charge < -0.3 is 10.2 Å². The SMILES string of the molecule is CNCc1cnc(N(C)C2CCCC2)c2ccccc12. The van der Waals surface area contributed by atoms with Gasteiger partial charge >= 0.3 is 0 Å². The van der Waals surface area contributed by atoms with E-state index in [2.05, 4.69) is 41.5 Å². The Morgan fingerprint density at radius 3 is 2.60 bits per heavy atom. The van der Waals surface area contributed by atoms with Gasteiger partial charge in [-0.15, -0.1) is 0 Å². The monoisotopic (exact) mass is 269 g/mol. The van der Waals surface area contributed by atoms with Gasteiger partial charge in [0.15, 0.2) is 0 Å². The fraction of sp³-hybridized carbons (Fsp3) is 0.471. The molecule has 1 aromatic heterocycles. The van der Waals surface area contributed by atoms with Crippen LogP contribution in [0.5, 0.6) is 0 Å². The molecule has 106 valence electrons. The number of rotatable bonds is 4. The largest absolute Gasteiger partial charge is 0.356 e. The molecule has 0 aliphatic heterocycles. The van der Waals surface area contributed by atoms with Gasteiger partial charge in [0.2, 0.25) is 0 Å². The molecule has 3 nitrogen and oxygen atoms in total. The average molecular weight is 269 g/mol. The maximum absolute atomic E-state index is 4.76. The molecule has 0 atom stereocenters. The maximum Gasteiger partial charge on any atom is 0.136 e. The van der Waals surface area contributed by atoms with Gasteiger partial charge in [0.25, 0.3) is 0 Å². The molecule has 0 spiro atoms. The summed E-state index contributed by atoms with van der Waals surface area (Å²) in [7, 11) is 4.18. The first kappa shape index (κ1) is 13.4. The van der Waals surface area contributed by atoms with Crippen LogP contribution in [0.2, 0.25) is 0 Å². The number of pyridine rings is 1. The summed E-state index contributed by atoms with van der Waals surface area (Å²) in [5.74, 6) is 1.13. The van der Waals surface area contributed by atoms with Crippen molar-refractivity contribution in [2.45, 2.75) is 38.3 Å². The second-order valence-electron chi connectivity index (χ2n) is 5.73. The predicted molar refractivity (Wildman–Crippen MR) is 85.2 cm³/mol. The first-order valence-corrected chi connectivity index (χ1v) is 7.55. The third kappa shape index (κ3) is 2.38. The predicted octanol–water partition coefficient (Wildman–Crippen LogP) is 3.33. The van der Waals surface area contributed by atoms with Crippen LogP contribution in [0.1, 0.15) is 31.2 Å².